The van der Waals surface area contributed by atoms with Crippen molar-refractivity contribution in [2.24, 2.45) is 0 Å². The van der Waals surface area contributed by atoms with E-state index in [-0.39, 0.29) is 81.3 Å². The van der Waals surface area contributed by atoms with Gasteiger partial charge in [-0.2, -0.15) is 0 Å². The summed E-state index contributed by atoms with van der Waals surface area (Å²) in [7, 11) is 0. The van der Waals surface area contributed by atoms with Crippen LogP contribution in [0.3, 0.4) is 0 Å². The summed E-state index contributed by atoms with van der Waals surface area (Å²) in [6.45, 7) is 50.9. The molecule has 436 valence electrons. The minimum absolute atomic E-state index is 0.102. The molecule has 2 N–H and O–H groups in total. The number of rotatable bonds is 29. The van der Waals surface area contributed by atoms with Crippen molar-refractivity contribution >= 4 is 11.9 Å². The number of carbonyl (C=O) groups excluding carboxylic acids is 2. The fourth-order valence-electron chi connectivity index (χ4n) is 11.2. The second kappa shape index (κ2) is 27.8. The number of piperidine rings is 1. The average molecular weight is 1070 g/mol. The Balaban J connectivity index is 1.51. The van der Waals surface area contributed by atoms with Crippen LogP contribution in [0.1, 0.15) is 224 Å². The first-order valence-corrected chi connectivity index (χ1v) is 28.8. The van der Waals surface area contributed by atoms with Crippen molar-refractivity contribution in [3.63, 3.8) is 0 Å². The lowest BCUT2D eigenvalue weighted by Crippen LogP contribution is -2.62. The molecule has 0 aliphatic carbocycles. The molecular formula is C64H110N2O10. The Morgan fingerprint density at radius 1 is 0.566 bits per heavy atom. The Kier molecular flexibility index (Phi) is 24.5. The summed E-state index contributed by atoms with van der Waals surface area (Å²) in [6, 6.07) is 8.17. The molecule has 1 aliphatic rings. The van der Waals surface area contributed by atoms with Crippen molar-refractivity contribution in [1.29, 1.82) is 0 Å². The van der Waals surface area contributed by atoms with Gasteiger partial charge in [0.25, 0.3) is 0 Å². The Labute approximate surface area is 463 Å². The fraction of sp³-hybridized carbons (Fsp3) is 0.781. The molecule has 0 amide bonds. The first kappa shape index (κ1) is 67.0. The molecule has 1 saturated heterocycles. The van der Waals surface area contributed by atoms with E-state index in [1.54, 1.807) is 0 Å². The molecule has 3 rings (SSSR count). The van der Waals surface area contributed by atoms with Gasteiger partial charge in [0.15, 0.2) is 0 Å². The van der Waals surface area contributed by atoms with Crippen LogP contribution in [0, 0.1) is 0 Å². The topological polar surface area (TPSA) is 136 Å². The lowest BCUT2D eigenvalue weighted by atomic mass is 9.78. The van der Waals surface area contributed by atoms with Gasteiger partial charge in [0.05, 0.1) is 25.9 Å². The Bertz CT molecular complexity index is 2040. The lowest BCUT2D eigenvalue weighted by molar-refractivity contribution is -0.148. The molecular weight excluding hydrogens is 957 g/mol. The summed E-state index contributed by atoms with van der Waals surface area (Å²) in [5.41, 5.74) is 3.68. The molecule has 2 aromatic carbocycles. The number of aryl methyl sites for hydroxylation is 2. The van der Waals surface area contributed by atoms with Crippen LogP contribution in [0.2, 0.25) is 0 Å². The first-order valence-electron chi connectivity index (χ1n) is 28.8. The molecule has 1 fully saturated rings. The van der Waals surface area contributed by atoms with E-state index < -0.39 is 0 Å². The van der Waals surface area contributed by atoms with Crippen molar-refractivity contribution < 1.29 is 48.2 Å². The van der Waals surface area contributed by atoms with Crippen LogP contribution in [0.25, 0.3) is 0 Å². The van der Waals surface area contributed by atoms with Gasteiger partial charge in [-0.25, -0.2) is 0 Å². The maximum absolute atomic E-state index is 13.3. The van der Waals surface area contributed by atoms with Crippen molar-refractivity contribution in [1.82, 2.24) is 9.80 Å². The molecule has 1 aliphatic heterocycles. The highest BCUT2D eigenvalue weighted by molar-refractivity contribution is 5.70. The third-order valence-corrected chi connectivity index (χ3v) is 15.2. The number of hydrogen-bond acceptors (Lipinski definition) is 12. The second-order valence-electron chi connectivity index (χ2n) is 28.4. The van der Waals surface area contributed by atoms with Crippen molar-refractivity contribution in [2.45, 2.75) is 253 Å². The standard InChI is InChI=1S/C64H110N2O10/c1-22-31-71-37-38-73-45-64(20,21)65(29-35-75-53(67)26-24-46-39-49(57(2,3)4)55(69)50(40-46)58(5,6)7)61(14,15)28-34-72-32-23-33-74-48-43-62(16,17)66(63(18,19)44-48)30-36-76-54(68)27-25-47-41-51(59(8,9)10)56(70)52(42-47)60(11,12)13/h39-42,48,69-70H,22-38,43-45H2,1-21H3. The summed E-state index contributed by atoms with van der Waals surface area (Å²) in [5.74, 6) is 0.236. The number of nitrogens with zero attached hydrogens (tertiary/aromatic N) is 2. The van der Waals surface area contributed by atoms with E-state index in [0.29, 0.717) is 90.3 Å². The molecule has 0 unspecified atom stereocenters. The largest absolute Gasteiger partial charge is 0.507 e. The zero-order valence-corrected chi connectivity index (χ0v) is 52.1. The molecule has 0 bridgehead atoms. The second-order valence-corrected chi connectivity index (χ2v) is 28.4. The highest BCUT2D eigenvalue weighted by atomic mass is 16.5. The number of aromatic hydroxyl groups is 2. The summed E-state index contributed by atoms with van der Waals surface area (Å²) in [5, 5.41) is 22.3. The fourth-order valence-corrected chi connectivity index (χ4v) is 11.2. The third kappa shape index (κ3) is 20.8. The monoisotopic (exact) mass is 1070 g/mol. The van der Waals surface area contributed by atoms with Crippen LogP contribution in [-0.2, 0) is 72.5 Å². The zero-order valence-electron chi connectivity index (χ0n) is 52.1. The maximum atomic E-state index is 13.3. The minimum Gasteiger partial charge on any atom is -0.507 e. The number of hydrogen-bond donors (Lipinski definition) is 2. The van der Waals surface area contributed by atoms with E-state index in [4.69, 9.17) is 28.4 Å². The number of ether oxygens (including phenoxy) is 6. The summed E-state index contributed by atoms with van der Waals surface area (Å²) >= 11 is 0. The van der Waals surface area contributed by atoms with E-state index in [0.717, 1.165) is 65.5 Å². The molecule has 12 nitrogen and oxygen atoms in total. The Hall–Kier alpha value is -3.26. The van der Waals surface area contributed by atoms with E-state index >= 15 is 0 Å². The normalized spacial score (nSPS) is 16.1. The van der Waals surface area contributed by atoms with Crippen LogP contribution in [0.5, 0.6) is 11.5 Å². The number of carbonyl (C=O) groups is 2. The Morgan fingerprint density at radius 3 is 1.42 bits per heavy atom. The van der Waals surface area contributed by atoms with E-state index in [9.17, 15) is 19.8 Å². The number of benzene rings is 2. The van der Waals surface area contributed by atoms with Gasteiger partial charge < -0.3 is 38.6 Å². The van der Waals surface area contributed by atoms with Gasteiger partial charge in [0.1, 0.15) is 24.7 Å². The van der Waals surface area contributed by atoms with Gasteiger partial charge >= 0.3 is 11.9 Å². The van der Waals surface area contributed by atoms with E-state index in [2.05, 4.69) is 155 Å². The molecule has 0 saturated carbocycles. The van der Waals surface area contributed by atoms with Gasteiger partial charge in [-0.3, -0.25) is 19.4 Å². The molecule has 12 heteroatoms. The van der Waals surface area contributed by atoms with Crippen molar-refractivity contribution in [3.05, 3.63) is 57.6 Å². The third-order valence-electron chi connectivity index (χ3n) is 15.2. The predicted octanol–water partition coefficient (Wildman–Crippen LogP) is 13.1. The summed E-state index contributed by atoms with van der Waals surface area (Å²) in [6.07, 6.45) is 5.99. The molecule has 2 aromatic rings. The van der Waals surface area contributed by atoms with Gasteiger partial charge in [0.2, 0.25) is 0 Å². The van der Waals surface area contributed by atoms with Crippen LogP contribution >= 0.6 is 0 Å². The number of phenolic OH excluding ortho intramolecular Hbond substituents is 2. The smallest absolute Gasteiger partial charge is 0.306 e. The molecule has 0 aromatic heterocycles. The van der Waals surface area contributed by atoms with Gasteiger partial charge in [-0.15, -0.1) is 0 Å². The number of esters is 2. The highest BCUT2D eigenvalue weighted by Crippen LogP contribution is 2.43. The zero-order chi connectivity index (χ0) is 57.7. The predicted molar refractivity (Wildman–Crippen MR) is 310 cm³/mol. The van der Waals surface area contributed by atoms with Crippen LogP contribution in [0.4, 0.5) is 0 Å². The van der Waals surface area contributed by atoms with Crippen LogP contribution in [-0.4, -0.2) is 133 Å². The SMILES string of the molecule is CCCOCCOCC(C)(C)N(CCOC(=O)CCc1cc(C(C)(C)C)c(O)c(C(C)(C)C)c1)C(C)(C)CCOCCCOC1CC(C)(C)N(CCOC(=O)CCc2cc(C(C)(C)C)c(O)c(C(C)(C)C)c2)C(C)(C)C1. The highest BCUT2D eigenvalue weighted by Gasteiger charge is 2.45. The molecule has 0 radical (unpaired) electrons. The summed E-state index contributed by atoms with van der Waals surface area (Å²) in [4.78, 5) is 31.2. The van der Waals surface area contributed by atoms with Gasteiger partial charge in [-0.1, -0.05) is 114 Å². The van der Waals surface area contributed by atoms with Gasteiger partial charge in [-0.05, 0) is 155 Å². The first-order chi connectivity index (χ1) is 34.8. The van der Waals surface area contributed by atoms with E-state index in [1.807, 2.05) is 24.3 Å². The van der Waals surface area contributed by atoms with Crippen molar-refractivity contribution in [3.8, 4) is 11.5 Å². The molecule has 0 spiro atoms. The summed E-state index contributed by atoms with van der Waals surface area (Å²) < 4.78 is 36.4. The van der Waals surface area contributed by atoms with Crippen LogP contribution < -0.4 is 0 Å². The Morgan fingerprint density at radius 2 is 0.987 bits per heavy atom. The lowest BCUT2D eigenvalue weighted by Gasteiger charge is -2.55. The van der Waals surface area contributed by atoms with Crippen LogP contribution in [0.15, 0.2) is 24.3 Å². The number of phenols is 2. The quantitative estimate of drug-likeness (QED) is 0.0593. The van der Waals surface area contributed by atoms with Gasteiger partial charge in [0, 0.05) is 74.5 Å². The minimum atomic E-state index is -0.377. The van der Waals surface area contributed by atoms with E-state index in [1.165, 1.54) is 0 Å². The number of likely N-dealkylation sites (tertiary alicyclic amines) is 1. The maximum Gasteiger partial charge on any atom is 0.306 e. The molecule has 0 atom stereocenters. The molecule has 1 heterocycles. The molecule has 76 heavy (non-hydrogen) atoms. The average Bonchev–Trinajstić information content (AvgIpc) is 3.26. The van der Waals surface area contributed by atoms with Crippen molar-refractivity contribution in [2.75, 3.05) is 72.6 Å².